The van der Waals surface area contributed by atoms with E-state index in [1.807, 2.05) is 36.7 Å². The molecule has 2 N–H and O–H groups in total. The Bertz CT molecular complexity index is 1000. The van der Waals surface area contributed by atoms with Gasteiger partial charge in [0, 0.05) is 55.8 Å². The quantitative estimate of drug-likeness (QED) is 0.437. The van der Waals surface area contributed by atoms with Gasteiger partial charge in [-0.05, 0) is 36.6 Å². The van der Waals surface area contributed by atoms with E-state index in [2.05, 4.69) is 60.4 Å². The highest BCUT2D eigenvalue weighted by molar-refractivity contribution is 6.30. The Morgan fingerprint density at radius 2 is 2.06 bits per heavy atom. The lowest BCUT2D eigenvalue weighted by Gasteiger charge is -2.20. The first-order valence-corrected chi connectivity index (χ1v) is 11.1. The van der Waals surface area contributed by atoms with Crippen LogP contribution in [-0.4, -0.2) is 41.7 Å². The van der Waals surface area contributed by atoms with Gasteiger partial charge in [0.05, 0.1) is 6.54 Å². The van der Waals surface area contributed by atoms with E-state index in [0.29, 0.717) is 12.6 Å². The number of guanidine groups is 1. The molecule has 1 unspecified atom stereocenters. The molecule has 1 atom stereocenters. The van der Waals surface area contributed by atoms with Crippen molar-refractivity contribution in [2.24, 2.45) is 4.99 Å². The van der Waals surface area contributed by atoms with Crippen LogP contribution in [0.2, 0.25) is 5.02 Å². The molecule has 2 heterocycles. The van der Waals surface area contributed by atoms with Crippen LogP contribution in [0.5, 0.6) is 0 Å². The lowest BCUT2D eigenvalue weighted by molar-refractivity contribution is 0.618. The number of imidazole rings is 1. The van der Waals surface area contributed by atoms with Crippen LogP contribution in [0.25, 0.3) is 0 Å². The predicted molar refractivity (Wildman–Crippen MR) is 128 cm³/mol. The summed E-state index contributed by atoms with van der Waals surface area (Å²) < 4.78 is 2.20. The average molecular weight is 437 g/mol. The zero-order chi connectivity index (χ0) is 21.5. The fourth-order valence-corrected chi connectivity index (χ4v) is 4.13. The van der Waals surface area contributed by atoms with E-state index in [9.17, 15) is 0 Å². The number of rotatable bonds is 7. The second-order valence-corrected chi connectivity index (χ2v) is 8.19. The van der Waals surface area contributed by atoms with E-state index in [1.165, 1.54) is 11.3 Å². The van der Waals surface area contributed by atoms with Gasteiger partial charge in [0.15, 0.2) is 5.96 Å². The smallest absolute Gasteiger partial charge is 0.191 e. The molecule has 1 fully saturated rings. The van der Waals surface area contributed by atoms with Crippen molar-refractivity contribution in [3.8, 4) is 0 Å². The van der Waals surface area contributed by atoms with E-state index in [-0.39, 0.29) is 0 Å². The summed E-state index contributed by atoms with van der Waals surface area (Å²) in [7, 11) is 1.81. The third-order valence-electron chi connectivity index (χ3n) is 5.63. The summed E-state index contributed by atoms with van der Waals surface area (Å²) in [4.78, 5) is 11.3. The van der Waals surface area contributed by atoms with E-state index in [0.717, 1.165) is 49.3 Å². The van der Waals surface area contributed by atoms with Crippen molar-refractivity contribution >= 4 is 23.2 Å². The summed E-state index contributed by atoms with van der Waals surface area (Å²) in [6.45, 7) is 3.46. The van der Waals surface area contributed by atoms with Crippen molar-refractivity contribution in [3.63, 3.8) is 0 Å². The molecule has 0 saturated carbocycles. The van der Waals surface area contributed by atoms with Crippen LogP contribution < -0.4 is 15.5 Å². The van der Waals surface area contributed by atoms with E-state index >= 15 is 0 Å². The van der Waals surface area contributed by atoms with Crippen molar-refractivity contribution in [1.29, 1.82) is 0 Å². The molecule has 7 heteroatoms. The van der Waals surface area contributed by atoms with E-state index in [1.54, 1.807) is 7.05 Å². The summed E-state index contributed by atoms with van der Waals surface area (Å²) in [5.74, 6) is 1.81. The number of aromatic nitrogens is 2. The fraction of sp³-hybridized carbons (Fsp3) is 0.333. The van der Waals surface area contributed by atoms with Crippen LogP contribution in [-0.2, 0) is 19.5 Å². The number of benzene rings is 2. The molecule has 2 aromatic carbocycles. The SMILES string of the molecule is CN=C(NCc1nccn1CCc1ccccc1)NC1CCN(c2cccc(Cl)c2)C1. The number of hydrogen-bond donors (Lipinski definition) is 2. The Labute approximate surface area is 189 Å². The Kier molecular flexibility index (Phi) is 7.10. The first-order valence-electron chi connectivity index (χ1n) is 10.7. The van der Waals surface area contributed by atoms with Gasteiger partial charge in [-0.15, -0.1) is 0 Å². The third kappa shape index (κ3) is 5.79. The normalized spacial score (nSPS) is 16.5. The molecule has 0 aliphatic carbocycles. The molecule has 1 aromatic heterocycles. The minimum Gasteiger partial charge on any atom is -0.369 e. The monoisotopic (exact) mass is 436 g/mol. The van der Waals surface area contributed by atoms with Gasteiger partial charge in [-0.25, -0.2) is 4.98 Å². The fourth-order valence-electron chi connectivity index (χ4n) is 3.94. The molecule has 162 valence electrons. The van der Waals surface area contributed by atoms with Crippen LogP contribution in [0.4, 0.5) is 5.69 Å². The number of hydrogen-bond acceptors (Lipinski definition) is 3. The topological polar surface area (TPSA) is 57.5 Å². The van der Waals surface area contributed by atoms with Crippen LogP contribution >= 0.6 is 11.6 Å². The summed E-state index contributed by atoms with van der Waals surface area (Å²) in [6.07, 6.45) is 5.94. The maximum Gasteiger partial charge on any atom is 0.191 e. The van der Waals surface area contributed by atoms with Crippen molar-refractivity contribution in [1.82, 2.24) is 20.2 Å². The van der Waals surface area contributed by atoms with Gasteiger partial charge in [-0.1, -0.05) is 48.0 Å². The Morgan fingerprint density at radius 3 is 2.87 bits per heavy atom. The van der Waals surface area contributed by atoms with Gasteiger partial charge in [0.25, 0.3) is 0 Å². The van der Waals surface area contributed by atoms with Crippen LogP contribution in [0.15, 0.2) is 72.0 Å². The molecule has 31 heavy (non-hydrogen) atoms. The maximum atomic E-state index is 6.15. The van der Waals surface area contributed by atoms with Crippen molar-refractivity contribution in [2.45, 2.75) is 32.0 Å². The van der Waals surface area contributed by atoms with E-state index in [4.69, 9.17) is 11.6 Å². The number of nitrogens with zero attached hydrogens (tertiary/aromatic N) is 4. The Balaban J connectivity index is 1.27. The lowest BCUT2D eigenvalue weighted by atomic mass is 10.1. The molecular weight excluding hydrogens is 408 g/mol. The molecule has 4 rings (SSSR count). The maximum absolute atomic E-state index is 6.15. The average Bonchev–Trinajstić information content (AvgIpc) is 3.45. The number of aliphatic imine (C=N–C) groups is 1. The predicted octanol–water partition coefficient (Wildman–Crippen LogP) is 3.72. The summed E-state index contributed by atoms with van der Waals surface area (Å²) in [5.41, 5.74) is 2.50. The van der Waals surface area contributed by atoms with Crippen LogP contribution in [0.1, 0.15) is 17.8 Å². The molecule has 0 amide bonds. The highest BCUT2D eigenvalue weighted by Crippen LogP contribution is 2.23. The van der Waals surface area contributed by atoms with Crippen LogP contribution in [0.3, 0.4) is 0 Å². The number of aryl methyl sites for hydroxylation is 2. The second-order valence-electron chi connectivity index (χ2n) is 7.75. The zero-order valence-corrected chi connectivity index (χ0v) is 18.6. The summed E-state index contributed by atoms with van der Waals surface area (Å²) in [6, 6.07) is 18.9. The number of anilines is 1. The third-order valence-corrected chi connectivity index (χ3v) is 5.86. The molecule has 1 aliphatic rings. The highest BCUT2D eigenvalue weighted by Gasteiger charge is 2.23. The molecule has 6 nitrogen and oxygen atoms in total. The second kappa shape index (κ2) is 10.4. The molecule has 3 aromatic rings. The van der Waals surface area contributed by atoms with Gasteiger partial charge in [0.2, 0.25) is 0 Å². The minimum atomic E-state index is 0.336. The minimum absolute atomic E-state index is 0.336. The standard InChI is InChI=1S/C24H29ClN6/c1-26-24(29-21-11-14-31(18-21)22-9-5-8-20(25)16-22)28-17-23-27-12-15-30(23)13-10-19-6-3-2-4-7-19/h2-9,12,15-16,21H,10-11,13-14,17-18H2,1H3,(H2,26,28,29). The van der Waals surface area contributed by atoms with Crippen molar-refractivity contribution in [3.05, 3.63) is 83.4 Å². The molecule has 1 saturated heterocycles. The van der Waals surface area contributed by atoms with Crippen LogP contribution in [0, 0.1) is 0 Å². The van der Waals surface area contributed by atoms with Gasteiger partial charge in [0.1, 0.15) is 5.82 Å². The molecule has 0 spiro atoms. The van der Waals surface area contributed by atoms with Gasteiger partial charge < -0.3 is 20.1 Å². The Morgan fingerprint density at radius 1 is 1.19 bits per heavy atom. The number of halogens is 1. The molecule has 0 radical (unpaired) electrons. The molecule has 1 aliphatic heterocycles. The molecular formula is C24H29ClN6. The summed E-state index contributed by atoms with van der Waals surface area (Å²) >= 11 is 6.15. The number of nitrogens with one attached hydrogen (secondary N) is 2. The largest absolute Gasteiger partial charge is 0.369 e. The molecule has 0 bridgehead atoms. The zero-order valence-electron chi connectivity index (χ0n) is 17.8. The van der Waals surface area contributed by atoms with Gasteiger partial charge >= 0.3 is 0 Å². The van der Waals surface area contributed by atoms with Crippen molar-refractivity contribution < 1.29 is 0 Å². The first-order chi connectivity index (χ1) is 15.2. The van der Waals surface area contributed by atoms with Crippen molar-refractivity contribution in [2.75, 3.05) is 25.0 Å². The first kappa shape index (κ1) is 21.2. The highest BCUT2D eigenvalue weighted by atomic mass is 35.5. The van der Waals surface area contributed by atoms with Gasteiger partial charge in [-0.3, -0.25) is 4.99 Å². The Hall–Kier alpha value is -2.99. The lowest BCUT2D eigenvalue weighted by Crippen LogP contribution is -2.44. The van der Waals surface area contributed by atoms with E-state index < -0.39 is 0 Å². The summed E-state index contributed by atoms with van der Waals surface area (Å²) in [5, 5.41) is 7.74. The van der Waals surface area contributed by atoms with Gasteiger partial charge in [-0.2, -0.15) is 0 Å².